The van der Waals surface area contributed by atoms with E-state index in [-0.39, 0.29) is 6.04 Å². The molecule has 2 heteroatoms. The summed E-state index contributed by atoms with van der Waals surface area (Å²) in [5.41, 5.74) is 1.18. The molecule has 1 aliphatic rings. The molecule has 1 heterocycles. The van der Waals surface area contributed by atoms with E-state index in [1.165, 1.54) is 12.1 Å². The van der Waals surface area contributed by atoms with Gasteiger partial charge in [-0.3, -0.25) is 0 Å². The van der Waals surface area contributed by atoms with Crippen molar-refractivity contribution >= 4 is 5.69 Å². The summed E-state index contributed by atoms with van der Waals surface area (Å²) in [7, 11) is 0. The highest BCUT2D eigenvalue weighted by atomic mass is 15.2. The van der Waals surface area contributed by atoms with Crippen molar-refractivity contribution < 1.29 is 0 Å². The molecular formula is C13H16N2. The van der Waals surface area contributed by atoms with Crippen LogP contribution in [0.1, 0.15) is 19.8 Å². The zero-order chi connectivity index (χ0) is 10.7. The summed E-state index contributed by atoms with van der Waals surface area (Å²) in [5, 5.41) is 9.12. The smallest absolute Gasteiger partial charge is 0.116 e. The third-order valence-electron chi connectivity index (χ3n) is 3.05. The Hall–Kier alpha value is -1.49. The van der Waals surface area contributed by atoms with Crippen LogP contribution < -0.4 is 4.90 Å². The number of benzene rings is 1. The highest BCUT2D eigenvalue weighted by Gasteiger charge is 2.25. The zero-order valence-corrected chi connectivity index (χ0v) is 9.06. The van der Waals surface area contributed by atoms with Crippen LogP contribution in [0.25, 0.3) is 0 Å². The molecular weight excluding hydrogens is 184 g/mol. The van der Waals surface area contributed by atoms with Crippen LogP contribution in [0.5, 0.6) is 0 Å². The van der Waals surface area contributed by atoms with Gasteiger partial charge in [-0.15, -0.1) is 0 Å². The highest BCUT2D eigenvalue weighted by Crippen LogP contribution is 2.26. The summed E-state index contributed by atoms with van der Waals surface area (Å²) >= 11 is 0. The van der Waals surface area contributed by atoms with E-state index in [0.29, 0.717) is 5.92 Å². The molecule has 1 saturated heterocycles. The average molecular weight is 200 g/mol. The monoisotopic (exact) mass is 200 g/mol. The van der Waals surface area contributed by atoms with Gasteiger partial charge in [0.2, 0.25) is 0 Å². The number of hydrogen-bond donors (Lipinski definition) is 0. The first-order valence-electron chi connectivity index (χ1n) is 5.52. The molecule has 0 aromatic heterocycles. The van der Waals surface area contributed by atoms with Crippen LogP contribution in [-0.2, 0) is 0 Å². The fourth-order valence-corrected chi connectivity index (χ4v) is 2.19. The second kappa shape index (κ2) is 4.35. The molecule has 2 rings (SSSR count). The van der Waals surface area contributed by atoms with Crippen molar-refractivity contribution in [2.45, 2.75) is 25.8 Å². The molecule has 0 N–H and O–H groups in total. The Morgan fingerprint density at radius 3 is 2.67 bits per heavy atom. The minimum absolute atomic E-state index is 0.0589. The molecule has 2 nitrogen and oxygen atoms in total. The molecule has 0 aliphatic carbocycles. The second-order valence-corrected chi connectivity index (χ2v) is 4.32. The maximum absolute atomic E-state index is 9.12. The van der Waals surface area contributed by atoms with Crippen LogP contribution in [0.4, 0.5) is 5.69 Å². The normalized spacial score (nSPS) is 26.0. The molecule has 0 saturated carbocycles. The Balaban J connectivity index is 2.22. The summed E-state index contributed by atoms with van der Waals surface area (Å²) in [6.07, 6.45) is 2.16. The van der Waals surface area contributed by atoms with Crippen LogP contribution in [0.2, 0.25) is 0 Å². The van der Waals surface area contributed by atoms with Gasteiger partial charge in [-0.2, -0.15) is 5.26 Å². The molecule has 78 valence electrons. The molecule has 0 bridgehead atoms. The van der Waals surface area contributed by atoms with E-state index in [9.17, 15) is 0 Å². The molecule has 0 spiro atoms. The lowest BCUT2D eigenvalue weighted by atomic mass is 9.94. The van der Waals surface area contributed by atoms with Gasteiger partial charge in [0, 0.05) is 12.2 Å². The summed E-state index contributed by atoms with van der Waals surface area (Å²) in [5.74, 6) is 0.690. The number of anilines is 1. The van der Waals surface area contributed by atoms with E-state index >= 15 is 0 Å². The largest absolute Gasteiger partial charge is 0.355 e. The lowest BCUT2D eigenvalue weighted by molar-refractivity contribution is 0.412. The topological polar surface area (TPSA) is 27.0 Å². The number of nitrogens with zero attached hydrogens (tertiary/aromatic N) is 2. The van der Waals surface area contributed by atoms with Crippen molar-refractivity contribution in [3.05, 3.63) is 30.3 Å². The fraction of sp³-hybridized carbons (Fsp3) is 0.462. The first kappa shape index (κ1) is 10.0. The summed E-state index contributed by atoms with van der Waals surface area (Å²) in [6, 6.07) is 12.7. The maximum Gasteiger partial charge on any atom is 0.116 e. The quantitative estimate of drug-likeness (QED) is 0.697. The van der Waals surface area contributed by atoms with Gasteiger partial charge in [-0.1, -0.05) is 25.1 Å². The zero-order valence-electron chi connectivity index (χ0n) is 9.06. The van der Waals surface area contributed by atoms with Gasteiger partial charge < -0.3 is 4.90 Å². The Labute approximate surface area is 91.1 Å². The van der Waals surface area contributed by atoms with Crippen LogP contribution in [0, 0.1) is 17.2 Å². The Morgan fingerprint density at radius 2 is 2.00 bits per heavy atom. The predicted octanol–water partition coefficient (Wildman–Crippen LogP) is 2.82. The molecule has 1 aromatic carbocycles. The average Bonchev–Trinajstić information content (AvgIpc) is 2.30. The number of nitriles is 1. The van der Waals surface area contributed by atoms with E-state index in [0.717, 1.165) is 13.0 Å². The summed E-state index contributed by atoms with van der Waals surface area (Å²) < 4.78 is 0. The van der Waals surface area contributed by atoms with Gasteiger partial charge in [0.05, 0.1) is 6.07 Å². The summed E-state index contributed by atoms with van der Waals surface area (Å²) in [6.45, 7) is 3.26. The predicted molar refractivity (Wildman–Crippen MR) is 61.6 cm³/mol. The van der Waals surface area contributed by atoms with Gasteiger partial charge >= 0.3 is 0 Å². The molecule has 0 unspecified atom stereocenters. The van der Waals surface area contributed by atoms with Crippen LogP contribution in [0.3, 0.4) is 0 Å². The van der Waals surface area contributed by atoms with Crippen LogP contribution in [0.15, 0.2) is 30.3 Å². The minimum Gasteiger partial charge on any atom is -0.355 e. The number of rotatable bonds is 1. The van der Waals surface area contributed by atoms with Gasteiger partial charge in [0.15, 0.2) is 0 Å². The van der Waals surface area contributed by atoms with Gasteiger partial charge in [-0.05, 0) is 30.9 Å². The van der Waals surface area contributed by atoms with E-state index in [4.69, 9.17) is 5.26 Å². The lowest BCUT2D eigenvalue weighted by Crippen LogP contribution is -2.42. The Kier molecular flexibility index (Phi) is 2.91. The SMILES string of the molecule is C[C@H]1CC[C@@H](C#N)N(c2ccccc2)C1. The minimum atomic E-state index is 0.0589. The molecule has 0 amide bonds. The molecule has 2 atom stereocenters. The van der Waals surface area contributed by atoms with Crippen molar-refractivity contribution in [2.75, 3.05) is 11.4 Å². The highest BCUT2D eigenvalue weighted by molar-refractivity contribution is 5.49. The Bertz CT molecular complexity index is 353. The Morgan fingerprint density at radius 1 is 1.27 bits per heavy atom. The fourth-order valence-electron chi connectivity index (χ4n) is 2.19. The second-order valence-electron chi connectivity index (χ2n) is 4.32. The van der Waals surface area contributed by atoms with E-state index in [1.54, 1.807) is 0 Å². The third-order valence-corrected chi connectivity index (χ3v) is 3.05. The first-order valence-corrected chi connectivity index (χ1v) is 5.52. The van der Waals surface area contributed by atoms with E-state index < -0.39 is 0 Å². The number of hydrogen-bond acceptors (Lipinski definition) is 2. The molecule has 15 heavy (non-hydrogen) atoms. The number of piperidine rings is 1. The molecule has 0 radical (unpaired) electrons. The maximum atomic E-state index is 9.12. The van der Waals surface area contributed by atoms with Crippen molar-refractivity contribution in [3.8, 4) is 6.07 Å². The molecule has 1 fully saturated rings. The van der Waals surface area contributed by atoms with Gasteiger partial charge in [0.25, 0.3) is 0 Å². The third kappa shape index (κ3) is 2.12. The van der Waals surface area contributed by atoms with Crippen LogP contribution >= 0.6 is 0 Å². The van der Waals surface area contributed by atoms with Crippen molar-refractivity contribution in [1.29, 1.82) is 5.26 Å². The van der Waals surface area contributed by atoms with Gasteiger partial charge in [0.1, 0.15) is 6.04 Å². The number of para-hydroxylation sites is 1. The summed E-state index contributed by atoms with van der Waals surface area (Å²) in [4.78, 5) is 2.23. The first-order chi connectivity index (χ1) is 7.31. The van der Waals surface area contributed by atoms with Crippen molar-refractivity contribution in [2.24, 2.45) is 5.92 Å². The van der Waals surface area contributed by atoms with Crippen molar-refractivity contribution in [3.63, 3.8) is 0 Å². The van der Waals surface area contributed by atoms with Crippen molar-refractivity contribution in [1.82, 2.24) is 0 Å². The van der Waals surface area contributed by atoms with Crippen LogP contribution in [-0.4, -0.2) is 12.6 Å². The molecule has 1 aliphatic heterocycles. The standard InChI is InChI=1S/C13H16N2/c1-11-7-8-13(9-14)15(10-11)12-5-3-2-4-6-12/h2-6,11,13H,7-8,10H2,1H3/t11-,13-/m0/s1. The lowest BCUT2D eigenvalue weighted by Gasteiger charge is -2.36. The molecule has 1 aromatic rings. The van der Waals surface area contributed by atoms with Gasteiger partial charge in [-0.25, -0.2) is 0 Å². The van der Waals surface area contributed by atoms with E-state index in [1.807, 2.05) is 18.2 Å². The van der Waals surface area contributed by atoms with E-state index in [2.05, 4.69) is 30.0 Å².